The third-order valence-corrected chi connectivity index (χ3v) is 3.44. The van der Waals surface area contributed by atoms with Crippen molar-refractivity contribution in [3.63, 3.8) is 0 Å². The molecule has 0 aliphatic carbocycles. The second-order valence-corrected chi connectivity index (χ2v) is 5.13. The van der Waals surface area contributed by atoms with E-state index in [-0.39, 0.29) is 18.9 Å². The topological polar surface area (TPSA) is 90.7 Å². The summed E-state index contributed by atoms with van der Waals surface area (Å²) in [6.45, 7) is 2.51. The summed E-state index contributed by atoms with van der Waals surface area (Å²) in [5.74, 6) is -1.68. The van der Waals surface area contributed by atoms with Crippen molar-refractivity contribution >= 4 is 23.3 Å². The number of rotatable bonds is 7. The van der Waals surface area contributed by atoms with Crippen molar-refractivity contribution in [1.82, 2.24) is 9.88 Å². The Kier molecular flexibility index (Phi) is 5.24. The number of carbonyl (C=O) groups is 2. The van der Waals surface area contributed by atoms with E-state index in [1.54, 1.807) is 17.3 Å². The lowest BCUT2D eigenvalue weighted by atomic mass is 10.2. The van der Waals surface area contributed by atoms with E-state index in [0.29, 0.717) is 12.2 Å². The molecule has 1 atom stereocenters. The molecule has 0 aromatic carbocycles. The third kappa shape index (κ3) is 4.80. The summed E-state index contributed by atoms with van der Waals surface area (Å²) in [6.07, 6.45) is -0.0752. The van der Waals surface area contributed by atoms with Crippen molar-refractivity contribution in [1.29, 1.82) is 0 Å². The summed E-state index contributed by atoms with van der Waals surface area (Å²) in [6, 6.07) is 0. The lowest BCUT2D eigenvalue weighted by Gasteiger charge is -2.17. The van der Waals surface area contributed by atoms with Crippen molar-refractivity contribution < 1.29 is 19.8 Å². The summed E-state index contributed by atoms with van der Waals surface area (Å²) in [7, 11) is 1.73. The number of hydrogen-bond donors (Lipinski definition) is 2. The van der Waals surface area contributed by atoms with Gasteiger partial charge in [0.2, 0.25) is 0 Å². The predicted molar refractivity (Wildman–Crippen MR) is 67.0 cm³/mol. The maximum atomic E-state index is 10.5. The summed E-state index contributed by atoms with van der Waals surface area (Å²) in [5, 5.41) is 19.9. The van der Waals surface area contributed by atoms with E-state index in [2.05, 4.69) is 4.98 Å². The molecule has 0 saturated carbocycles. The average Bonchev–Trinajstić information content (AvgIpc) is 2.63. The van der Waals surface area contributed by atoms with Gasteiger partial charge in [0, 0.05) is 17.8 Å². The zero-order chi connectivity index (χ0) is 13.7. The highest BCUT2D eigenvalue weighted by Crippen LogP contribution is 2.21. The van der Waals surface area contributed by atoms with Crippen LogP contribution in [0, 0.1) is 0 Å². The smallest absolute Gasteiger partial charge is 0.317 e. The van der Waals surface area contributed by atoms with Crippen LogP contribution >= 0.6 is 11.3 Å². The summed E-state index contributed by atoms with van der Waals surface area (Å²) in [4.78, 5) is 27.0. The molecule has 2 N–H and O–H groups in total. The monoisotopic (exact) mass is 272 g/mol. The molecular weight excluding hydrogens is 256 g/mol. The minimum absolute atomic E-state index is 0.0162. The fourth-order valence-electron chi connectivity index (χ4n) is 1.63. The van der Waals surface area contributed by atoms with Crippen LogP contribution in [0.25, 0.3) is 0 Å². The first-order valence-corrected chi connectivity index (χ1v) is 6.33. The lowest BCUT2D eigenvalue weighted by Crippen LogP contribution is -2.29. The van der Waals surface area contributed by atoms with Crippen LogP contribution in [-0.4, -0.2) is 52.2 Å². The molecule has 100 valence electrons. The number of thiazole rings is 1. The van der Waals surface area contributed by atoms with Gasteiger partial charge in [-0.15, -0.1) is 11.3 Å². The van der Waals surface area contributed by atoms with Crippen molar-refractivity contribution in [2.24, 2.45) is 0 Å². The first-order chi connectivity index (χ1) is 8.38. The van der Waals surface area contributed by atoms with Crippen LogP contribution in [0.3, 0.4) is 0 Å². The predicted octanol–water partition coefficient (Wildman–Crippen LogP) is 0.890. The highest BCUT2D eigenvalue weighted by molar-refractivity contribution is 7.09. The molecule has 1 heterocycles. The van der Waals surface area contributed by atoms with Crippen molar-refractivity contribution in [2.75, 3.05) is 20.1 Å². The molecule has 0 saturated heterocycles. The Bertz CT molecular complexity index is 432. The zero-order valence-corrected chi connectivity index (χ0v) is 11.1. The highest BCUT2D eigenvalue weighted by atomic mass is 32.1. The Morgan fingerprint density at radius 2 is 2.11 bits per heavy atom. The fraction of sp³-hybridized carbons (Fsp3) is 0.545. The minimum Gasteiger partial charge on any atom is -0.481 e. The van der Waals surface area contributed by atoms with Gasteiger partial charge in [-0.1, -0.05) is 6.92 Å². The molecule has 0 amide bonds. The van der Waals surface area contributed by atoms with Crippen LogP contribution in [0.15, 0.2) is 5.38 Å². The first-order valence-electron chi connectivity index (χ1n) is 5.45. The van der Waals surface area contributed by atoms with E-state index in [1.807, 2.05) is 6.92 Å². The number of carboxylic acid groups (broad SMARTS) is 2. The number of carboxylic acids is 2. The van der Waals surface area contributed by atoms with E-state index >= 15 is 0 Å². The van der Waals surface area contributed by atoms with E-state index < -0.39 is 11.9 Å². The van der Waals surface area contributed by atoms with Crippen LogP contribution in [0.4, 0.5) is 0 Å². The van der Waals surface area contributed by atoms with Crippen LogP contribution < -0.4 is 0 Å². The van der Waals surface area contributed by atoms with E-state index in [0.717, 1.165) is 5.01 Å². The lowest BCUT2D eigenvalue weighted by molar-refractivity contribution is -0.138. The Morgan fingerprint density at radius 1 is 1.44 bits per heavy atom. The second kappa shape index (κ2) is 6.46. The molecule has 0 fully saturated rings. The van der Waals surface area contributed by atoms with E-state index in [4.69, 9.17) is 10.2 Å². The molecule has 0 aliphatic rings. The average molecular weight is 272 g/mol. The Hall–Kier alpha value is -1.47. The molecule has 7 heteroatoms. The van der Waals surface area contributed by atoms with Gasteiger partial charge in [-0.2, -0.15) is 0 Å². The van der Waals surface area contributed by atoms with Gasteiger partial charge in [0.05, 0.1) is 23.7 Å². The number of aliphatic carboxylic acids is 2. The Morgan fingerprint density at radius 3 is 2.67 bits per heavy atom. The van der Waals surface area contributed by atoms with Crippen LogP contribution in [-0.2, 0) is 16.0 Å². The molecule has 0 bridgehead atoms. The van der Waals surface area contributed by atoms with Crippen molar-refractivity contribution in [3.05, 3.63) is 16.1 Å². The highest BCUT2D eigenvalue weighted by Gasteiger charge is 2.15. The maximum Gasteiger partial charge on any atom is 0.317 e. The normalized spacial score (nSPS) is 12.6. The SMILES string of the molecule is CC(CN(C)CC(=O)O)c1nc(CC(=O)O)cs1. The maximum absolute atomic E-state index is 10.5. The molecule has 1 rings (SSSR count). The molecule has 1 aromatic heterocycles. The second-order valence-electron chi connectivity index (χ2n) is 4.24. The summed E-state index contributed by atoms with van der Waals surface area (Å²) >= 11 is 1.41. The molecule has 6 nitrogen and oxygen atoms in total. The van der Waals surface area contributed by atoms with Gasteiger partial charge in [-0.3, -0.25) is 14.5 Å². The third-order valence-electron chi connectivity index (χ3n) is 2.31. The van der Waals surface area contributed by atoms with Gasteiger partial charge in [0.1, 0.15) is 0 Å². The van der Waals surface area contributed by atoms with Gasteiger partial charge in [-0.05, 0) is 7.05 Å². The fourth-order valence-corrected chi connectivity index (χ4v) is 2.50. The molecule has 1 aromatic rings. The molecule has 0 aliphatic heterocycles. The quantitative estimate of drug-likeness (QED) is 0.766. The van der Waals surface area contributed by atoms with Crippen LogP contribution in [0.1, 0.15) is 23.5 Å². The number of aromatic nitrogens is 1. The molecule has 18 heavy (non-hydrogen) atoms. The molecule has 0 spiro atoms. The standard InChI is InChI=1S/C11H16N2O4S/c1-7(4-13(2)5-10(16)17)11-12-8(6-18-11)3-9(14)15/h6-7H,3-5H2,1-2H3,(H,14,15)(H,16,17). The van der Waals surface area contributed by atoms with E-state index in [1.165, 1.54) is 11.3 Å². The number of likely N-dealkylation sites (N-methyl/N-ethyl adjacent to an activating group) is 1. The Balaban J connectivity index is 2.55. The van der Waals surface area contributed by atoms with Gasteiger partial charge in [0.15, 0.2) is 0 Å². The first kappa shape index (κ1) is 14.6. The zero-order valence-electron chi connectivity index (χ0n) is 10.3. The van der Waals surface area contributed by atoms with Crippen molar-refractivity contribution in [3.8, 4) is 0 Å². The van der Waals surface area contributed by atoms with Gasteiger partial charge in [-0.25, -0.2) is 4.98 Å². The summed E-state index contributed by atoms with van der Waals surface area (Å²) in [5.41, 5.74) is 0.551. The van der Waals surface area contributed by atoms with Crippen LogP contribution in [0.5, 0.6) is 0 Å². The minimum atomic E-state index is -0.900. The molecular formula is C11H16N2O4S. The molecule has 1 unspecified atom stereocenters. The molecule has 0 radical (unpaired) electrons. The van der Waals surface area contributed by atoms with Gasteiger partial charge in [0.25, 0.3) is 0 Å². The van der Waals surface area contributed by atoms with Crippen molar-refractivity contribution in [2.45, 2.75) is 19.3 Å². The van der Waals surface area contributed by atoms with E-state index in [9.17, 15) is 9.59 Å². The number of nitrogens with zero attached hydrogens (tertiary/aromatic N) is 2. The largest absolute Gasteiger partial charge is 0.481 e. The van der Waals surface area contributed by atoms with Gasteiger partial charge < -0.3 is 10.2 Å². The number of hydrogen-bond acceptors (Lipinski definition) is 5. The summed E-state index contributed by atoms with van der Waals surface area (Å²) < 4.78 is 0. The van der Waals surface area contributed by atoms with Gasteiger partial charge >= 0.3 is 11.9 Å². The van der Waals surface area contributed by atoms with Crippen LogP contribution in [0.2, 0.25) is 0 Å². The Labute approximate surface area is 109 Å².